The molecule has 1 N–H and O–H groups in total. The van der Waals surface area contributed by atoms with E-state index in [1.54, 1.807) is 18.2 Å². The van der Waals surface area contributed by atoms with Crippen LogP contribution >= 0.6 is 0 Å². The number of rotatable bonds is 6. The van der Waals surface area contributed by atoms with E-state index in [4.69, 9.17) is 4.74 Å². The zero-order valence-electron chi connectivity index (χ0n) is 16.5. The zero-order chi connectivity index (χ0) is 21.0. The molecule has 0 saturated carbocycles. The standard InChI is InChI=1S/C21H25FN2O4S/c1-15(2)28-20-8-4-3-7-19(20)23-21(25)16-6-5-13-24(14-16)29(26,27)18-11-9-17(22)10-12-18/h3-4,7-12,15-16H,5-6,13-14H2,1-2H3,(H,23,25)/t16-/m0/s1. The third-order valence-electron chi connectivity index (χ3n) is 4.71. The normalized spacial score (nSPS) is 17.9. The Morgan fingerprint density at radius 1 is 1.17 bits per heavy atom. The molecule has 0 aliphatic carbocycles. The van der Waals surface area contributed by atoms with Crippen LogP contribution in [0, 0.1) is 11.7 Å². The quantitative estimate of drug-likeness (QED) is 0.774. The minimum atomic E-state index is -3.78. The van der Waals surface area contributed by atoms with E-state index >= 15 is 0 Å². The lowest BCUT2D eigenvalue weighted by atomic mass is 9.98. The lowest BCUT2D eigenvalue weighted by Crippen LogP contribution is -2.43. The molecule has 6 nitrogen and oxygen atoms in total. The molecule has 1 atom stereocenters. The van der Waals surface area contributed by atoms with Crippen LogP contribution < -0.4 is 10.1 Å². The Balaban J connectivity index is 1.72. The van der Waals surface area contributed by atoms with Gasteiger partial charge >= 0.3 is 0 Å². The van der Waals surface area contributed by atoms with E-state index in [1.807, 2.05) is 19.9 Å². The Morgan fingerprint density at radius 2 is 1.86 bits per heavy atom. The Hall–Kier alpha value is -2.45. The van der Waals surface area contributed by atoms with E-state index in [2.05, 4.69) is 5.32 Å². The lowest BCUT2D eigenvalue weighted by Gasteiger charge is -2.31. The first-order chi connectivity index (χ1) is 13.8. The van der Waals surface area contributed by atoms with Crippen LogP contribution in [-0.2, 0) is 14.8 Å². The molecule has 0 aromatic heterocycles. The van der Waals surface area contributed by atoms with Gasteiger partial charge in [0.15, 0.2) is 0 Å². The van der Waals surface area contributed by atoms with Crippen LogP contribution in [0.2, 0.25) is 0 Å². The van der Waals surface area contributed by atoms with Crippen LogP contribution in [0.5, 0.6) is 5.75 Å². The molecule has 156 valence electrons. The first-order valence-electron chi connectivity index (χ1n) is 9.59. The molecular weight excluding hydrogens is 395 g/mol. The highest BCUT2D eigenvalue weighted by atomic mass is 32.2. The van der Waals surface area contributed by atoms with Crippen LogP contribution in [0.15, 0.2) is 53.4 Å². The molecule has 29 heavy (non-hydrogen) atoms. The monoisotopic (exact) mass is 420 g/mol. The number of hydrogen-bond acceptors (Lipinski definition) is 4. The largest absolute Gasteiger partial charge is 0.489 e. The molecule has 0 radical (unpaired) electrons. The predicted molar refractivity (Wildman–Crippen MR) is 109 cm³/mol. The molecule has 3 rings (SSSR count). The van der Waals surface area contributed by atoms with Gasteiger partial charge in [-0.25, -0.2) is 12.8 Å². The van der Waals surface area contributed by atoms with E-state index in [0.29, 0.717) is 30.8 Å². The van der Waals surface area contributed by atoms with E-state index in [9.17, 15) is 17.6 Å². The minimum absolute atomic E-state index is 0.0237. The zero-order valence-corrected chi connectivity index (χ0v) is 17.3. The third kappa shape index (κ3) is 5.13. The fourth-order valence-electron chi connectivity index (χ4n) is 3.29. The van der Waals surface area contributed by atoms with Crippen LogP contribution in [0.4, 0.5) is 10.1 Å². The maximum atomic E-state index is 13.1. The molecule has 2 aromatic rings. The van der Waals surface area contributed by atoms with Crippen molar-refractivity contribution in [3.63, 3.8) is 0 Å². The lowest BCUT2D eigenvalue weighted by molar-refractivity contribution is -0.120. The number of amides is 1. The molecule has 8 heteroatoms. The average molecular weight is 421 g/mol. The van der Waals surface area contributed by atoms with Gasteiger partial charge in [0.05, 0.1) is 22.6 Å². The van der Waals surface area contributed by atoms with Crippen molar-refractivity contribution in [1.29, 1.82) is 0 Å². The van der Waals surface area contributed by atoms with Crippen LogP contribution in [-0.4, -0.2) is 37.8 Å². The van der Waals surface area contributed by atoms with Crippen molar-refractivity contribution in [3.05, 3.63) is 54.3 Å². The predicted octanol–water partition coefficient (Wildman–Crippen LogP) is 3.65. The number of para-hydroxylation sites is 2. The number of sulfonamides is 1. The molecule has 1 heterocycles. The van der Waals surface area contributed by atoms with Crippen LogP contribution in [0.1, 0.15) is 26.7 Å². The van der Waals surface area contributed by atoms with Gasteiger partial charge < -0.3 is 10.1 Å². The van der Waals surface area contributed by atoms with Crippen LogP contribution in [0.3, 0.4) is 0 Å². The number of halogens is 1. The van der Waals surface area contributed by atoms with E-state index < -0.39 is 21.8 Å². The van der Waals surface area contributed by atoms with Gasteiger partial charge in [0.2, 0.25) is 15.9 Å². The van der Waals surface area contributed by atoms with Crippen molar-refractivity contribution in [2.75, 3.05) is 18.4 Å². The Labute approximate surface area is 170 Å². The Morgan fingerprint density at radius 3 is 2.55 bits per heavy atom. The summed E-state index contributed by atoms with van der Waals surface area (Å²) in [6.45, 7) is 4.21. The molecule has 0 bridgehead atoms. The molecule has 1 aliphatic rings. The van der Waals surface area contributed by atoms with Crippen molar-refractivity contribution < 1.29 is 22.3 Å². The Bertz CT molecular complexity index is 961. The van der Waals surface area contributed by atoms with Crippen LogP contribution in [0.25, 0.3) is 0 Å². The van der Waals surface area contributed by atoms with Crippen molar-refractivity contribution in [3.8, 4) is 5.75 Å². The van der Waals surface area contributed by atoms with Gasteiger partial charge in [-0.1, -0.05) is 12.1 Å². The summed E-state index contributed by atoms with van der Waals surface area (Å²) < 4.78 is 45.9. The van der Waals surface area contributed by atoms with E-state index in [0.717, 1.165) is 12.1 Å². The number of carbonyl (C=O) groups excluding carboxylic acids is 1. The van der Waals surface area contributed by atoms with E-state index in [-0.39, 0.29) is 23.5 Å². The molecule has 0 unspecified atom stereocenters. The number of carbonyl (C=O) groups is 1. The van der Waals surface area contributed by atoms with Gasteiger partial charge in [-0.3, -0.25) is 4.79 Å². The molecule has 1 fully saturated rings. The number of nitrogens with zero attached hydrogens (tertiary/aromatic N) is 1. The second kappa shape index (κ2) is 8.92. The fraction of sp³-hybridized carbons (Fsp3) is 0.381. The van der Waals surface area contributed by atoms with Gasteiger partial charge in [0, 0.05) is 13.1 Å². The molecule has 1 amide bonds. The summed E-state index contributed by atoms with van der Waals surface area (Å²) in [5, 5.41) is 2.87. The summed E-state index contributed by atoms with van der Waals surface area (Å²) >= 11 is 0. The van der Waals surface area contributed by atoms with E-state index in [1.165, 1.54) is 16.4 Å². The molecule has 2 aromatic carbocycles. The molecule has 0 spiro atoms. The molecule has 1 saturated heterocycles. The summed E-state index contributed by atoms with van der Waals surface area (Å²) in [6, 6.07) is 11.9. The smallest absolute Gasteiger partial charge is 0.243 e. The highest BCUT2D eigenvalue weighted by Gasteiger charge is 2.33. The highest BCUT2D eigenvalue weighted by molar-refractivity contribution is 7.89. The molecular formula is C21H25FN2O4S. The summed E-state index contributed by atoms with van der Waals surface area (Å²) in [6.07, 6.45) is 1.12. The number of anilines is 1. The van der Waals surface area contributed by atoms with Crippen molar-refractivity contribution in [2.45, 2.75) is 37.7 Å². The maximum absolute atomic E-state index is 13.1. The topological polar surface area (TPSA) is 75.7 Å². The number of benzene rings is 2. The summed E-state index contributed by atoms with van der Waals surface area (Å²) in [5.74, 6) is -0.653. The number of ether oxygens (including phenoxy) is 1. The van der Waals surface area contributed by atoms with Crippen molar-refractivity contribution in [2.24, 2.45) is 5.92 Å². The molecule has 1 aliphatic heterocycles. The van der Waals surface area contributed by atoms with Gasteiger partial charge in [-0.05, 0) is 63.1 Å². The number of nitrogens with one attached hydrogen (secondary N) is 1. The summed E-state index contributed by atoms with van der Waals surface area (Å²) in [7, 11) is -3.78. The van der Waals surface area contributed by atoms with Crippen molar-refractivity contribution >= 4 is 21.6 Å². The minimum Gasteiger partial charge on any atom is -0.489 e. The number of piperidine rings is 1. The maximum Gasteiger partial charge on any atom is 0.243 e. The second-order valence-corrected chi connectivity index (χ2v) is 9.25. The van der Waals surface area contributed by atoms with Crippen molar-refractivity contribution in [1.82, 2.24) is 4.31 Å². The highest BCUT2D eigenvalue weighted by Crippen LogP contribution is 2.28. The Kier molecular flexibility index (Phi) is 6.54. The number of hydrogen-bond donors (Lipinski definition) is 1. The summed E-state index contributed by atoms with van der Waals surface area (Å²) in [4.78, 5) is 12.8. The summed E-state index contributed by atoms with van der Waals surface area (Å²) in [5.41, 5.74) is 0.560. The van der Waals surface area contributed by atoms with Gasteiger partial charge in [-0.2, -0.15) is 4.31 Å². The SMILES string of the molecule is CC(C)Oc1ccccc1NC(=O)[C@H]1CCCN(S(=O)(=O)c2ccc(F)cc2)C1. The first kappa shape index (κ1) is 21.3. The average Bonchev–Trinajstić information content (AvgIpc) is 2.69. The third-order valence-corrected chi connectivity index (χ3v) is 6.59. The van der Waals surface area contributed by atoms with Gasteiger partial charge in [0.25, 0.3) is 0 Å². The van der Waals surface area contributed by atoms with Gasteiger partial charge in [-0.15, -0.1) is 0 Å². The first-order valence-corrected chi connectivity index (χ1v) is 11.0. The fourth-order valence-corrected chi connectivity index (χ4v) is 4.82. The van der Waals surface area contributed by atoms with Gasteiger partial charge in [0.1, 0.15) is 11.6 Å². The second-order valence-electron chi connectivity index (χ2n) is 7.31.